The molecule has 0 aliphatic heterocycles. The minimum Gasteiger partial charge on any atom is -0.766 e. The molecule has 1 unspecified atom stereocenters. The van der Waals surface area contributed by atoms with Crippen LogP contribution < -0.4 is 9.29 Å². The van der Waals surface area contributed by atoms with E-state index in [0.29, 0.717) is 6.54 Å². The Bertz CT molecular complexity index is 676. The van der Waals surface area contributed by atoms with Crippen molar-refractivity contribution in [2.45, 2.75) is 37.3 Å². The van der Waals surface area contributed by atoms with Crippen LogP contribution in [0.15, 0.2) is 24.4 Å². The highest BCUT2D eigenvalue weighted by molar-refractivity contribution is 7.93. The molecule has 0 saturated carbocycles. The highest BCUT2D eigenvalue weighted by Gasteiger charge is 2.50. The lowest BCUT2D eigenvalue weighted by molar-refractivity contribution is -0.683. The molecule has 0 radical (unpaired) electrons. The Morgan fingerprint density at radius 3 is 2.12 bits per heavy atom. The number of pyridine rings is 1. The lowest BCUT2D eigenvalue weighted by Gasteiger charge is -2.08. The van der Waals surface area contributed by atoms with Crippen LogP contribution in [0.5, 0.6) is 0 Å². The fraction of sp³-hybridized carbons (Fsp3) is 0.545. The van der Waals surface area contributed by atoms with E-state index in [9.17, 15) is 34.8 Å². The first-order chi connectivity index (χ1) is 11.2. The van der Waals surface area contributed by atoms with E-state index in [2.05, 4.69) is 0 Å². The summed E-state index contributed by atoms with van der Waals surface area (Å²) >= 11 is -3.93. The molecule has 14 heteroatoms. The molecule has 6 nitrogen and oxygen atoms in total. The highest BCUT2D eigenvalue weighted by atomic mass is 32.2. The van der Waals surface area contributed by atoms with Gasteiger partial charge in [0.15, 0.2) is 0 Å². The third kappa shape index (κ3) is 8.49. The average Bonchev–Trinajstić information content (AvgIpc) is 2.44. The number of halogens is 6. The summed E-state index contributed by atoms with van der Waals surface area (Å²) in [4.78, 5) is 0. The second-order valence-electron chi connectivity index (χ2n) is 4.36. The van der Waals surface area contributed by atoms with Crippen molar-refractivity contribution in [3.63, 3.8) is 0 Å². The lowest BCUT2D eigenvalue weighted by Crippen LogP contribution is -2.40. The van der Waals surface area contributed by atoms with Gasteiger partial charge in [0, 0.05) is 6.07 Å². The van der Waals surface area contributed by atoms with Crippen molar-refractivity contribution in [3.05, 3.63) is 24.4 Å². The maximum Gasteiger partial charge on any atom is 0.536 e. The number of alkyl halides is 6. The van der Waals surface area contributed by atoms with E-state index in [1.165, 1.54) is 22.9 Å². The molecule has 146 valence electrons. The van der Waals surface area contributed by atoms with Crippen molar-refractivity contribution in [1.29, 1.82) is 0 Å². The molecule has 0 aliphatic carbocycles. The number of hydrogen-bond acceptors (Lipinski definition) is 4. The molecule has 0 bridgehead atoms. The van der Waals surface area contributed by atoms with E-state index in [0.717, 1.165) is 12.8 Å². The molecule has 0 saturated heterocycles. The van der Waals surface area contributed by atoms with Gasteiger partial charge in [-0.25, -0.2) is 4.57 Å². The van der Waals surface area contributed by atoms with Gasteiger partial charge in [0.25, 0.3) is 5.82 Å². The topological polar surface area (TPSA) is 90.2 Å². The van der Waals surface area contributed by atoms with Gasteiger partial charge in [-0.15, -0.1) is 0 Å². The van der Waals surface area contributed by atoms with E-state index in [-0.39, 0.29) is 5.82 Å². The average molecular weight is 416 g/mol. The van der Waals surface area contributed by atoms with Gasteiger partial charge in [-0.2, -0.15) is 39.5 Å². The number of sulfonamides is 1. The Labute approximate surface area is 142 Å². The number of nitrogens with zero attached hydrogens (tertiary/aromatic N) is 1. The summed E-state index contributed by atoms with van der Waals surface area (Å²) in [7, 11) is -5.37. The molecule has 0 aliphatic rings. The predicted octanol–water partition coefficient (Wildman–Crippen LogP) is 2.42. The molecule has 1 atom stereocenters. The van der Waals surface area contributed by atoms with Crippen LogP contribution >= 0.6 is 0 Å². The molecule has 0 amide bonds. The third-order valence-corrected chi connectivity index (χ3v) is 3.89. The van der Waals surface area contributed by atoms with Crippen molar-refractivity contribution in [3.8, 4) is 0 Å². The maximum absolute atomic E-state index is 12.2. The van der Waals surface area contributed by atoms with E-state index in [4.69, 9.17) is 8.76 Å². The Balaban J connectivity index is 0.000000697. The highest BCUT2D eigenvalue weighted by Crippen LogP contribution is 2.24. The molecule has 1 heterocycles. The summed E-state index contributed by atoms with van der Waals surface area (Å²) < 4.78 is 111. The van der Waals surface area contributed by atoms with E-state index in [1.54, 1.807) is 10.8 Å². The minimum atomic E-state index is -5.37. The SMILES string of the molecule is CCCC[n+]1ccccc1NS(=O)(=O)C(F)(F)F.O=S([O-])C(F)(F)F. The predicted molar refractivity (Wildman–Crippen MR) is 75.1 cm³/mol. The summed E-state index contributed by atoms with van der Waals surface area (Å²) in [6.07, 6.45) is 3.13. The van der Waals surface area contributed by atoms with E-state index in [1.807, 2.05) is 6.92 Å². The van der Waals surface area contributed by atoms with Crippen LogP contribution in [0.1, 0.15) is 19.8 Å². The molecule has 1 N–H and O–H groups in total. The summed E-state index contributed by atoms with van der Waals surface area (Å²) in [5.41, 5.74) is -10.4. The quantitative estimate of drug-likeness (QED) is 0.454. The first-order valence-corrected chi connectivity index (χ1v) is 9.01. The molecule has 1 aromatic heterocycles. The van der Waals surface area contributed by atoms with Crippen molar-refractivity contribution < 1.29 is 48.1 Å². The molecular weight excluding hydrogens is 402 g/mol. The number of rotatable bonds is 5. The van der Waals surface area contributed by atoms with Gasteiger partial charge in [0.05, 0.1) is 23.8 Å². The molecule has 25 heavy (non-hydrogen) atoms. The van der Waals surface area contributed by atoms with Gasteiger partial charge in [-0.1, -0.05) is 19.4 Å². The Morgan fingerprint density at radius 2 is 1.72 bits per heavy atom. The van der Waals surface area contributed by atoms with Gasteiger partial charge in [-0.3, -0.25) is 4.21 Å². The van der Waals surface area contributed by atoms with Crippen molar-refractivity contribution in [1.82, 2.24) is 0 Å². The van der Waals surface area contributed by atoms with Gasteiger partial charge in [0.2, 0.25) is 0 Å². The van der Waals surface area contributed by atoms with Crippen LogP contribution in [0.3, 0.4) is 0 Å². The molecule has 0 aromatic carbocycles. The summed E-state index contributed by atoms with van der Waals surface area (Å²) in [5.74, 6) is -0.0942. The molecular formula is C11H14F6N2O4S2. The monoisotopic (exact) mass is 416 g/mol. The molecule has 1 rings (SSSR count). The number of nitrogens with one attached hydrogen (secondary N) is 1. The van der Waals surface area contributed by atoms with Gasteiger partial charge < -0.3 is 4.55 Å². The molecule has 0 fully saturated rings. The van der Waals surface area contributed by atoms with Crippen LogP contribution in [-0.2, 0) is 27.6 Å². The summed E-state index contributed by atoms with van der Waals surface area (Å²) in [6, 6.07) is 4.39. The Morgan fingerprint density at radius 1 is 1.20 bits per heavy atom. The smallest absolute Gasteiger partial charge is 0.536 e. The normalized spacial score (nSPS) is 13.6. The van der Waals surface area contributed by atoms with Crippen molar-refractivity contribution in [2.24, 2.45) is 0 Å². The second-order valence-corrected chi connectivity index (χ2v) is 6.97. The number of hydrogen-bond donors (Lipinski definition) is 1. The number of unbranched alkanes of at least 4 members (excludes halogenated alkanes) is 1. The fourth-order valence-electron chi connectivity index (χ4n) is 1.29. The van der Waals surface area contributed by atoms with Crippen LogP contribution in [0, 0.1) is 0 Å². The lowest BCUT2D eigenvalue weighted by atomic mass is 10.3. The zero-order valence-corrected chi connectivity index (χ0v) is 14.2. The van der Waals surface area contributed by atoms with Crippen LogP contribution in [0.2, 0.25) is 0 Å². The number of anilines is 1. The zero-order valence-electron chi connectivity index (χ0n) is 12.6. The van der Waals surface area contributed by atoms with E-state index >= 15 is 0 Å². The Hall–Kier alpha value is -1.41. The van der Waals surface area contributed by atoms with Crippen molar-refractivity contribution in [2.75, 3.05) is 4.72 Å². The van der Waals surface area contributed by atoms with Crippen LogP contribution in [0.25, 0.3) is 0 Å². The standard InChI is InChI=1S/C10H13F3N2O2S.CHF3O2S/c1-2-3-7-15-8-5-4-6-9(15)14-18(16,17)10(11,12)13;2-1(3,4)7(5)6/h4-6,8H,2-3,7H2,1H3;(H,5,6). The summed E-state index contributed by atoms with van der Waals surface area (Å²) in [6.45, 7) is 2.39. The third-order valence-electron chi connectivity index (χ3n) is 2.43. The van der Waals surface area contributed by atoms with Crippen LogP contribution in [-0.4, -0.2) is 28.2 Å². The van der Waals surface area contributed by atoms with Gasteiger partial charge in [0.1, 0.15) is 0 Å². The number of aromatic nitrogens is 1. The van der Waals surface area contributed by atoms with E-state index < -0.39 is 32.1 Å². The van der Waals surface area contributed by atoms with Crippen molar-refractivity contribution >= 4 is 26.9 Å². The Kier molecular flexibility index (Phi) is 8.81. The molecule has 0 spiro atoms. The van der Waals surface area contributed by atoms with Gasteiger partial charge in [-0.05, 0) is 12.5 Å². The zero-order chi connectivity index (χ0) is 19.9. The number of aryl methyl sites for hydroxylation is 1. The first-order valence-electron chi connectivity index (χ1n) is 6.46. The second kappa shape index (κ2) is 9.33. The fourth-order valence-corrected chi connectivity index (χ4v) is 1.86. The first kappa shape index (κ1) is 23.6. The van der Waals surface area contributed by atoms with Gasteiger partial charge >= 0.3 is 21.0 Å². The summed E-state index contributed by atoms with van der Waals surface area (Å²) in [5, 5.41) is 0. The minimum absolute atomic E-state index is 0.0942. The van der Waals surface area contributed by atoms with Crippen LogP contribution in [0.4, 0.5) is 32.2 Å². The maximum atomic E-state index is 12.2. The molecule has 1 aromatic rings. The largest absolute Gasteiger partial charge is 0.766 e.